The Bertz CT molecular complexity index is 411. The van der Waals surface area contributed by atoms with E-state index in [0.29, 0.717) is 23.8 Å². The van der Waals surface area contributed by atoms with Gasteiger partial charge in [-0.3, -0.25) is 4.79 Å². The smallest absolute Gasteiger partial charge is 0.167 e. The first-order valence-electron chi connectivity index (χ1n) is 6.12. The molecule has 1 aliphatic rings. The second-order valence-corrected chi connectivity index (χ2v) is 4.61. The van der Waals surface area contributed by atoms with Crippen molar-refractivity contribution in [2.24, 2.45) is 0 Å². The Hall–Kier alpha value is -1.35. The van der Waals surface area contributed by atoms with Gasteiger partial charge in [0.25, 0.3) is 0 Å². The number of ketones is 1. The highest BCUT2D eigenvalue weighted by molar-refractivity contribution is 5.99. The number of hydrogen-bond donors (Lipinski definition) is 1. The van der Waals surface area contributed by atoms with Crippen molar-refractivity contribution in [3.63, 3.8) is 0 Å². The van der Waals surface area contributed by atoms with Crippen LogP contribution in [0.15, 0.2) is 18.2 Å². The standard InChI is InChI=1S/C14H19NO2/c1-10-3-6-14(17-2)12(9-10)13(16)7-8-15-11-4-5-11/h3,6,9,11,15H,4-5,7-8H2,1-2H3. The van der Waals surface area contributed by atoms with Crippen LogP contribution in [0.1, 0.15) is 35.2 Å². The van der Waals surface area contributed by atoms with Gasteiger partial charge in [-0.05, 0) is 31.9 Å². The third kappa shape index (κ3) is 3.30. The monoisotopic (exact) mass is 233 g/mol. The summed E-state index contributed by atoms with van der Waals surface area (Å²) in [4.78, 5) is 12.1. The Morgan fingerprint density at radius 1 is 1.47 bits per heavy atom. The Balaban J connectivity index is 1.98. The molecule has 0 radical (unpaired) electrons. The van der Waals surface area contributed by atoms with Crippen LogP contribution in [-0.4, -0.2) is 25.5 Å². The number of methoxy groups -OCH3 is 1. The highest BCUT2D eigenvalue weighted by Crippen LogP contribution is 2.22. The number of Topliss-reactive ketones (excluding diaryl/α,β-unsaturated/α-hetero) is 1. The lowest BCUT2D eigenvalue weighted by molar-refractivity contribution is 0.0979. The predicted molar refractivity (Wildman–Crippen MR) is 67.7 cm³/mol. The van der Waals surface area contributed by atoms with Crippen molar-refractivity contribution in [2.75, 3.05) is 13.7 Å². The SMILES string of the molecule is COc1ccc(C)cc1C(=O)CCNC1CC1. The van der Waals surface area contributed by atoms with Crippen LogP contribution >= 0.6 is 0 Å². The molecule has 3 heteroatoms. The van der Waals surface area contributed by atoms with Crippen LogP contribution < -0.4 is 10.1 Å². The highest BCUT2D eigenvalue weighted by Gasteiger charge is 2.20. The quantitative estimate of drug-likeness (QED) is 0.766. The van der Waals surface area contributed by atoms with Crippen LogP contribution in [0.5, 0.6) is 5.75 Å². The van der Waals surface area contributed by atoms with Crippen molar-refractivity contribution in [1.29, 1.82) is 0 Å². The van der Waals surface area contributed by atoms with Crippen molar-refractivity contribution in [1.82, 2.24) is 5.32 Å². The molecule has 0 saturated heterocycles. The van der Waals surface area contributed by atoms with Gasteiger partial charge in [0, 0.05) is 19.0 Å². The Labute approximate surface area is 102 Å². The zero-order valence-electron chi connectivity index (χ0n) is 10.5. The molecular weight excluding hydrogens is 214 g/mol. The average Bonchev–Trinajstić information content (AvgIpc) is 3.13. The van der Waals surface area contributed by atoms with E-state index < -0.39 is 0 Å². The van der Waals surface area contributed by atoms with E-state index in [9.17, 15) is 4.79 Å². The van der Waals surface area contributed by atoms with E-state index in [1.54, 1.807) is 7.11 Å². The Morgan fingerprint density at radius 3 is 2.88 bits per heavy atom. The third-order valence-corrected chi connectivity index (χ3v) is 3.02. The van der Waals surface area contributed by atoms with Gasteiger partial charge in [0.15, 0.2) is 5.78 Å². The van der Waals surface area contributed by atoms with Gasteiger partial charge >= 0.3 is 0 Å². The van der Waals surface area contributed by atoms with Gasteiger partial charge in [-0.15, -0.1) is 0 Å². The van der Waals surface area contributed by atoms with E-state index in [2.05, 4.69) is 5.32 Å². The molecule has 3 nitrogen and oxygen atoms in total. The molecule has 1 aromatic rings. The fraction of sp³-hybridized carbons (Fsp3) is 0.500. The lowest BCUT2D eigenvalue weighted by atomic mass is 10.0. The molecule has 1 saturated carbocycles. The molecule has 1 aromatic carbocycles. The van der Waals surface area contributed by atoms with E-state index in [4.69, 9.17) is 4.74 Å². The van der Waals surface area contributed by atoms with Crippen LogP contribution in [0.2, 0.25) is 0 Å². The average molecular weight is 233 g/mol. The molecule has 0 atom stereocenters. The molecule has 0 aliphatic heterocycles. The normalized spacial score (nSPS) is 14.7. The number of carbonyl (C=O) groups excluding carboxylic acids is 1. The second kappa shape index (κ2) is 5.32. The zero-order chi connectivity index (χ0) is 12.3. The van der Waals surface area contributed by atoms with Gasteiger partial charge in [0.2, 0.25) is 0 Å². The van der Waals surface area contributed by atoms with Crippen LogP contribution in [0, 0.1) is 6.92 Å². The van der Waals surface area contributed by atoms with Crippen molar-refractivity contribution in [3.8, 4) is 5.75 Å². The maximum absolute atomic E-state index is 12.1. The number of rotatable bonds is 6. The van der Waals surface area contributed by atoms with E-state index in [1.807, 2.05) is 25.1 Å². The molecule has 0 aromatic heterocycles. The summed E-state index contributed by atoms with van der Waals surface area (Å²) in [5.41, 5.74) is 1.79. The number of ether oxygens (including phenoxy) is 1. The lowest BCUT2D eigenvalue weighted by Gasteiger charge is -2.08. The van der Waals surface area contributed by atoms with Crippen molar-refractivity contribution in [3.05, 3.63) is 29.3 Å². The molecule has 2 rings (SSSR count). The van der Waals surface area contributed by atoms with Crippen molar-refractivity contribution < 1.29 is 9.53 Å². The van der Waals surface area contributed by atoms with Gasteiger partial charge < -0.3 is 10.1 Å². The largest absolute Gasteiger partial charge is 0.496 e. The predicted octanol–water partition coefficient (Wildman–Crippen LogP) is 2.33. The molecule has 0 unspecified atom stereocenters. The minimum atomic E-state index is 0.152. The molecule has 0 spiro atoms. The topological polar surface area (TPSA) is 38.3 Å². The number of aryl methyl sites for hydroxylation is 1. The molecule has 0 heterocycles. The summed E-state index contributed by atoms with van der Waals surface area (Å²) in [7, 11) is 1.60. The number of carbonyl (C=O) groups is 1. The molecule has 0 bridgehead atoms. The number of hydrogen-bond acceptors (Lipinski definition) is 3. The van der Waals surface area contributed by atoms with Crippen LogP contribution in [-0.2, 0) is 0 Å². The van der Waals surface area contributed by atoms with Gasteiger partial charge in [-0.1, -0.05) is 11.6 Å². The summed E-state index contributed by atoms with van der Waals surface area (Å²) in [6.45, 7) is 2.75. The zero-order valence-corrected chi connectivity index (χ0v) is 10.5. The molecule has 92 valence electrons. The van der Waals surface area contributed by atoms with Crippen molar-refractivity contribution >= 4 is 5.78 Å². The maximum atomic E-state index is 12.1. The summed E-state index contributed by atoms with van der Waals surface area (Å²) in [6, 6.07) is 6.37. The Kier molecular flexibility index (Phi) is 3.79. The Morgan fingerprint density at radius 2 is 2.24 bits per heavy atom. The maximum Gasteiger partial charge on any atom is 0.167 e. The summed E-state index contributed by atoms with van der Waals surface area (Å²) in [5.74, 6) is 0.825. The van der Waals surface area contributed by atoms with E-state index in [1.165, 1.54) is 12.8 Å². The lowest BCUT2D eigenvalue weighted by Crippen LogP contribution is -2.20. The third-order valence-electron chi connectivity index (χ3n) is 3.02. The van der Waals surface area contributed by atoms with E-state index in [0.717, 1.165) is 12.1 Å². The summed E-state index contributed by atoms with van der Waals surface area (Å²) in [5, 5.41) is 3.35. The van der Waals surface area contributed by atoms with Crippen LogP contribution in [0.3, 0.4) is 0 Å². The fourth-order valence-corrected chi connectivity index (χ4v) is 1.85. The molecule has 1 fully saturated rings. The van der Waals surface area contributed by atoms with Crippen LogP contribution in [0.4, 0.5) is 0 Å². The minimum Gasteiger partial charge on any atom is -0.496 e. The van der Waals surface area contributed by atoms with Gasteiger partial charge in [-0.25, -0.2) is 0 Å². The summed E-state index contributed by atoms with van der Waals surface area (Å²) in [6.07, 6.45) is 3.04. The number of nitrogens with one attached hydrogen (secondary N) is 1. The summed E-state index contributed by atoms with van der Waals surface area (Å²) < 4.78 is 5.22. The fourth-order valence-electron chi connectivity index (χ4n) is 1.85. The first-order chi connectivity index (χ1) is 8.20. The van der Waals surface area contributed by atoms with Gasteiger partial charge in [0.1, 0.15) is 5.75 Å². The second-order valence-electron chi connectivity index (χ2n) is 4.61. The number of benzene rings is 1. The molecular formula is C14H19NO2. The molecule has 1 aliphatic carbocycles. The van der Waals surface area contributed by atoms with Gasteiger partial charge in [0.05, 0.1) is 12.7 Å². The van der Waals surface area contributed by atoms with Crippen molar-refractivity contribution in [2.45, 2.75) is 32.2 Å². The minimum absolute atomic E-state index is 0.152. The molecule has 17 heavy (non-hydrogen) atoms. The van der Waals surface area contributed by atoms with Gasteiger partial charge in [-0.2, -0.15) is 0 Å². The van der Waals surface area contributed by atoms with E-state index in [-0.39, 0.29) is 5.78 Å². The first-order valence-corrected chi connectivity index (χ1v) is 6.12. The first kappa shape index (κ1) is 12.1. The highest BCUT2D eigenvalue weighted by atomic mass is 16.5. The van der Waals surface area contributed by atoms with Crippen LogP contribution in [0.25, 0.3) is 0 Å². The molecule has 1 N–H and O–H groups in total. The summed E-state index contributed by atoms with van der Waals surface area (Å²) >= 11 is 0. The van der Waals surface area contributed by atoms with E-state index >= 15 is 0 Å². The molecule has 0 amide bonds.